The normalized spacial score (nSPS) is 19.4. The molecule has 0 aromatic heterocycles. The van der Waals surface area contributed by atoms with E-state index in [0.717, 1.165) is 12.0 Å². The van der Waals surface area contributed by atoms with E-state index in [0.29, 0.717) is 12.0 Å². The maximum atomic E-state index is 13.3. The first-order chi connectivity index (χ1) is 6.68. The molecule has 1 atom stereocenters. The van der Waals surface area contributed by atoms with E-state index >= 15 is 0 Å². The van der Waals surface area contributed by atoms with Gasteiger partial charge >= 0.3 is 5.97 Å². The molecule has 74 valence electrons. The molecule has 0 heterocycles. The van der Waals surface area contributed by atoms with Gasteiger partial charge in [0.05, 0.1) is 6.42 Å². The third-order valence-electron chi connectivity index (χ3n) is 2.76. The second-order valence-corrected chi connectivity index (χ2v) is 3.64. The molecule has 0 saturated heterocycles. The molecule has 0 radical (unpaired) electrons. The fourth-order valence-electron chi connectivity index (χ4n) is 2.12. The lowest BCUT2D eigenvalue weighted by molar-refractivity contribution is -0.137. The molecule has 0 spiro atoms. The van der Waals surface area contributed by atoms with E-state index in [4.69, 9.17) is 5.11 Å². The van der Waals surface area contributed by atoms with E-state index in [9.17, 15) is 9.18 Å². The van der Waals surface area contributed by atoms with Crippen molar-refractivity contribution in [2.75, 3.05) is 0 Å². The van der Waals surface area contributed by atoms with Crippen LogP contribution in [0.4, 0.5) is 4.39 Å². The molecule has 1 aliphatic carbocycles. The van der Waals surface area contributed by atoms with Crippen molar-refractivity contribution in [3.8, 4) is 0 Å². The van der Waals surface area contributed by atoms with Crippen molar-refractivity contribution >= 4 is 5.97 Å². The molecule has 0 aliphatic heterocycles. The summed E-state index contributed by atoms with van der Waals surface area (Å²) in [4.78, 5) is 10.6. The Morgan fingerprint density at radius 2 is 2.36 bits per heavy atom. The zero-order valence-corrected chi connectivity index (χ0v) is 7.66. The van der Waals surface area contributed by atoms with E-state index in [1.165, 1.54) is 6.07 Å². The van der Waals surface area contributed by atoms with Gasteiger partial charge in [0.25, 0.3) is 0 Å². The van der Waals surface area contributed by atoms with Crippen molar-refractivity contribution in [3.05, 3.63) is 35.1 Å². The third-order valence-corrected chi connectivity index (χ3v) is 2.76. The van der Waals surface area contributed by atoms with Gasteiger partial charge in [-0.1, -0.05) is 12.1 Å². The van der Waals surface area contributed by atoms with E-state index in [2.05, 4.69) is 0 Å². The predicted octanol–water partition coefficient (Wildman–Crippen LogP) is 2.33. The Morgan fingerprint density at radius 1 is 1.57 bits per heavy atom. The van der Waals surface area contributed by atoms with Crippen LogP contribution in [0.15, 0.2) is 18.2 Å². The van der Waals surface area contributed by atoms with E-state index in [1.54, 1.807) is 6.07 Å². The van der Waals surface area contributed by atoms with Gasteiger partial charge in [-0.05, 0) is 36.0 Å². The Kier molecular flexibility index (Phi) is 2.23. The lowest BCUT2D eigenvalue weighted by atomic mass is 9.98. The SMILES string of the molecule is O=C(O)C[C@H]1CCc2c(F)cccc21. The number of carboxylic acid groups (broad SMARTS) is 1. The number of hydrogen-bond donors (Lipinski definition) is 1. The minimum Gasteiger partial charge on any atom is -0.481 e. The van der Waals surface area contributed by atoms with Crippen LogP contribution in [0.5, 0.6) is 0 Å². The molecule has 1 aromatic rings. The molecule has 1 aromatic carbocycles. The Bertz CT molecular complexity index is 374. The van der Waals surface area contributed by atoms with Crippen molar-refractivity contribution in [2.24, 2.45) is 0 Å². The van der Waals surface area contributed by atoms with Crippen molar-refractivity contribution < 1.29 is 14.3 Å². The largest absolute Gasteiger partial charge is 0.481 e. The van der Waals surface area contributed by atoms with Crippen LogP contribution in [0.1, 0.15) is 29.9 Å². The van der Waals surface area contributed by atoms with Crippen LogP contribution in [-0.2, 0) is 11.2 Å². The van der Waals surface area contributed by atoms with Crippen LogP contribution >= 0.6 is 0 Å². The van der Waals surface area contributed by atoms with Crippen LogP contribution in [0, 0.1) is 5.82 Å². The highest BCUT2D eigenvalue weighted by Crippen LogP contribution is 2.36. The smallest absolute Gasteiger partial charge is 0.303 e. The van der Waals surface area contributed by atoms with Crippen LogP contribution in [0.2, 0.25) is 0 Å². The molecule has 2 rings (SSSR count). The molecule has 1 aliphatic rings. The quantitative estimate of drug-likeness (QED) is 0.784. The Balaban J connectivity index is 2.30. The Hall–Kier alpha value is -1.38. The number of halogens is 1. The summed E-state index contributed by atoms with van der Waals surface area (Å²) in [5, 5.41) is 8.68. The molecule has 0 unspecified atom stereocenters. The lowest BCUT2D eigenvalue weighted by Crippen LogP contribution is -2.03. The van der Waals surface area contributed by atoms with E-state index < -0.39 is 5.97 Å². The molecule has 14 heavy (non-hydrogen) atoms. The van der Waals surface area contributed by atoms with Gasteiger partial charge in [-0.15, -0.1) is 0 Å². The van der Waals surface area contributed by atoms with Crippen LogP contribution in [-0.4, -0.2) is 11.1 Å². The summed E-state index contributed by atoms with van der Waals surface area (Å²) in [5.41, 5.74) is 1.59. The second-order valence-electron chi connectivity index (χ2n) is 3.64. The van der Waals surface area contributed by atoms with E-state index in [-0.39, 0.29) is 18.2 Å². The molecule has 2 nitrogen and oxygen atoms in total. The number of fused-ring (bicyclic) bond motifs is 1. The highest BCUT2D eigenvalue weighted by Gasteiger charge is 2.26. The summed E-state index contributed by atoms with van der Waals surface area (Å²) in [6.07, 6.45) is 1.53. The molecule has 3 heteroatoms. The molecule has 0 saturated carbocycles. The van der Waals surface area contributed by atoms with Crippen LogP contribution < -0.4 is 0 Å². The minimum absolute atomic E-state index is 0.00167. The number of carboxylic acids is 1. The minimum atomic E-state index is -0.813. The van der Waals surface area contributed by atoms with Gasteiger partial charge in [0.15, 0.2) is 0 Å². The van der Waals surface area contributed by atoms with Gasteiger partial charge in [0, 0.05) is 0 Å². The maximum absolute atomic E-state index is 13.3. The zero-order valence-electron chi connectivity index (χ0n) is 7.66. The molecular weight excluding hydrogens is 183 g/mol. The monoisotopic (exact) mass is 194 g/mol. The summed E-state index contributed by atoms with van der Waals surface area (Å²) in [6.45, 7) is 0. The highest BCUT2D eigenvalue weighted by atomic mass is 19.1. The van der Waals surface area contributed by atoms with E-state index in [1.807, 2.05) is 6.07 Å². The number of hydrogen-bond acceptors (Lipinski definition) is 1. The second kappa shape index (κ2) is 3.40. The number of rotatable bonds is 2. The van der Waals surface area contributed by atoms with Crippen molar-refractivity contribution in [1.29, 1.82) is 0 Å². The molecular formula is C11H11FO2. The molecule has 0 fully saturated rings. The van der Waals surface area contributed by atoms with Crippen molar-refractivity contribution in [3.63, 3.8) is 0 Å². The third kappa shape index (κ3) is 1.50. The van der Waals surface area contributed by atoms with Crippen LogP contribution in [0.25, 0.3) is 0 Å². The predicted molar refractivity (Wildman–Crippen MR) is 49.7 cm³/mol. The van der Waals surface area contributed by atoms with Gasteiger partial charge in [0.2, 0.25) is 0 Å². The first-order valence-electron chi connectivity index (χ1n) is 4.67. The van der Waals surface area contributed by atoms with Gasteiger partial charge in [0.1, 0.15) is 5.82 Å². The van der Waals surface area contributed by atoms with Crippen LogP contribution in [0.3, 0.4) is 0 Å². The number of carbonyl (C=O) groups is 1. The highest BCUT2D eigenvalue weighted by molar-refractivity contribution is 5.68. The first-order valence-corrected chi connectivity index (χ1v) is 4.67. The molecule has 0 bridgehead atoms. The van der Waals surface area contributed by atoms with Gasteiger partial charge < -0.3 is 5.11 Å². The number of aliphatic carboxylic acids is 1. The summed E-state index contributed by atoms with van der Waals surface area (Å²) in [5.74, 6) is -1.01. The summed E-state index contributed by atoms with van der Waals surface area (Å²) < 4.78 is 13.3. The summed E-state index contributed by atoms with van der Waals surface area (Å²) >= 11 is 0. The molecule has 1 N–H and O–H groups in total. The number of benzene rings is 1. The standard InChI is InChI=1S/C11H11FO2/c12-10-3-1-2-8-7(6-11(13)14)4-5-9(8)10/h1-3,7H,4-6H2,(H,13,14)/t7-/m1/s1. The summed E-state index contributed by atoms with van der Waals surface area (Å²) in [6, 6.07) is 4.91. The fraction of sp³-hybridized carbons (Fsp3) is 0.364. The zero-order chi connectivity index (χ0) is 10.1. The van der Waals surface area contributed by atoms with Gasteiger partial charge in [-0.25, -0.2) is 4.39 Å². The average Bonchev–Trinajstić information content (AvgIpc) is 2.49. The summed E-state index contributed by atoms with van der Waals surface area (Å²) in [7, 11) is 0. The average molecular weight is 194 g/mol. The van der Waals surface area contributed by atoms with Gasteiger partial charge in [-0.3, -0.25) is 4.79 Å². The maximum Gasteiger partial charge on any atom is 0.303 e. The molecule has 0 amide bonds. The Labute approximate surface area is 81.4 Å². The van der Waals surface area contributed by atoms with Crippen molar-refractivity contribution in [2.45, 2.75) is 25.2 Å². The first kappa shape index (κ1) is 9.19. The lowest BCUT2D eigenvalue weighted by Gasteiger charge is -2.07. The topological polar surface area (TPSA) is 37.3 Å². The van der Waals surface area contributed by atoms with Gasteiger partial charge in [-0.2, -0.15) is 0 Å². The van der Waals surface area contributed by atoms with Crippen molar-refractivity contribution in [1.82, 2.24) is 0 Å². The fourth-order valence-corrected chi connectivity index (χ4v) is 2.12. The Morgan fingerprint density at radius 3 is 3.07 bits per heavy atom.